The average Bonchev–Trinajstić information content (AvgIpc) is 3.23. The molecule has 1 fully saturated rings. The molecule has 1 saturated heterocycles. The number of anilines is 1. The van der Waals surface area contributed by atoms with Crippen molar-refractivity contribution in [2.75, 3.05) is 51.2 Å². The van der Waals surface area contributed by atoms with E-state index >= 15 is 0 Å². The smallest absolute Gasteiger partial charge is 0.364 e. The van der Waals surface area contributed by atoms with Crippen molar-refractivity contribution in [3.05, 3.63) is 42.0 Å². The zero-order valence-electron chi connectivity index (χ0n) is 16.4. The normalized spacial score (nSPS) is 20.0. The third-order valence-electron chi connectivity index (χ3n) is 5.39. The van der Waals surface area contributed by atoms with Gasteiger partial charge >= 0.3 is 6.18 Å². The molecule has 1 aromatic rings. The minimum atomic E-state index is -4.18. The van der Waals surface area contributed by atoms with Gasteiger partial charge in [-0.1, -0.05) is 24.3 Å². The van der Waals surface area contributed by atoms with Crippen LogP contribution >= 0.6 is 0 Å². The first kappa shape index (κ1) is 20.5. The van der Waals surface area contributed by atoms with Gasteiger partial charge in [0, 0.05) is 58.5 Å². The fourth-order valence-electron chi connectivity index (χ4n) is 3.59. The molecule has 154 valence electrons. The Morgan fingerprint density at radius 3 is 2.43 bits per heavy atom. The minimum Gasteiger partial charge on any atom is -0.364 e. The number of halogens is 3. The Balaban J connectivity index is 1.52. The number of aliphatic imine (C=N–C) groups is 1. The van der Waals surface area contributed by atoms with Gasteiger partial charge < -0.3 is 15.1 Å². The fourth-order valence-corrected chi connectivity index (χ4v) is 3.59. The molecule has 0 saturated carbocycles. The first-order valence-electron chi connectivity index (χ1n) is 9.63. The minimum absolute atomic E-state index is 0.374. The van der Waals surface area contributed by atoms with Crippen molar-refractivity contribution >= 4 is 11.6 Å². The summed E-state index contributed by atoms with van der Waals surface area (Å²) in [5.41, 5.74) is 2.34. The van der Waals surface area contributed by atoms with E-state index in [4.69, 9.17) is 0 Å². The third-order valence-corrected chi connectivity index (χ3v) is 5.39. The van der Waals surface area contributed by atoms with E-state index in [1.165, 1.54) is 17.5 Å². The number of nitrogens with zero attached hydrogens (tertiary/aromatic N) is 4. The predicted octanol–water partition coefficient (Wildman–Crippen LogP) is 2.71. The molecule has 5 nitrogen and oxygen atoms in total. The maximum atomic E-state index is 12.9. The summed E-state index contributed by atoms with van der Waals surface area (Å²) in [6.07, 6.45) is 0.135. The first-order chi connectivity index (χ1) is 13.4. The maximum Gasteiger partial charge on any atom is 0.403 e. The second-order valence-corrected chi connectivity index (χ2v) is 7.19. The van der Waals surface area contributed by atoms with Crippen LogP contribution in [0.2, 0.25) is 0 Å². The van der Waals surface area contributed by atoms with Crippen LogP contribution in [-0.2, 0) is 6.54 Å². The van der Waals surface area contributed by atoms with Crippen LogP contribution < -0.4 is 10.2 Å². The van der Waals surface area contributed by atoms with Crippen molar-refractivity contribution in [1.82, 2.24) is 15.1 Å². The number of benzene rings is 1. The Morgan fingerprint density at radius 1 is 1.14 bits per heavy atom. The maximum absolute atomic E-state index is 12.9. The van der Waals surface area contributed by atoms with Gasteiger partial charge in [-0.15, -0.1) is 0 Å². The van der Waals surface area contributed by atoms with Crippen LogP contribution in [0.25, 0.3) is 0 Å². The predicted molar refractivity (Wildman–Crippen MR) is 107 cm³/mol. The highest BCUT2D eigenvalue weighted by atomic mass is 19.4. The van der Waals surface area contributed by atoms with E-state index in [0.29, 0.717) is 32.7 Å². The van der Waals surface area contributed by atoms with Crippen molar-refractivity contribution in [3.63, 3.8) is 0 Å². The van der Waals surface area contributed by atoms with E-state index < -0.39 is 12.2 Å². The first-order valence-corrected chi connectivity index (χ1v) is 9.63. The molecule has 2 aliphatic heterocycles. The lowest BCUT2D eigenvalue weighted by molar-refractivity contribution is -0.181. The fraction of sp³-hybridized carbons (Fsp3) is 0.550. The molecule has 0 bridgehead atoms. The lowest BCUT2D eigenvalue weighted by atomic mass is 10.2. The lowest BCUT2D eigenvalue weighted by Crippen LogP contribution is -2.56. The van der Waals surface area contributed by atoms with Gasteiger partial charge in [-0.2, -0.15) is 13.2 Å². The molecule has 2 heterocycles. The lowest BCUT2D eigenvalue weighted by Gasteiger charge is -2.39. The number of hydrogen-bond donors (Lipinski definition) is 1. The molecule has 2 aliphatic rings. The summed E-state index contributed by atoms with van der Waals surface area (Å²) in [4.78, 5) is 10.1. The Bertz CT molecular complexity index is 700. The second-order valence-electron chi connectivity index (χ2n) is 7.19. The average molecular weight is 395 g/mol. The van der Waals surface area contributed by atoms with Crippen molar-refractivity contribution in [3.8, 4) is 0 Å². The third kappa shape index (κ3) is 4.98. The van der Waals surface area contributed by atoms with Crippen LogP contribution in [0.1, 0.15) is 12.5 Å². The molecule has 1 unspecified atom stereocenters. The SMILES string of the molecule is CN=C(NCc1cccc(N2CC=CC2)c1)N1CCN(C(C)C(F)(F)F)CC1. The van der Waals surface area contributed by atoms with E-state index in [2.05, 4.69) is 45.6 Å². The zero-order chi connectivity index (χ0) is 20.1. The van der Waals surface area contributed by atoms with Crippen LogP contribution in [0.15, 0.2) is 41.4 Å². The number of guanidine groups is 1. The highest BCUT2D eigenvalue weighted by Crippen LogP contribution is 2.25. The summed E-state index contributed by atoms with van der Waals surface area (Å²) >= 11 is 0. The highest BCUT2D eigenvalue weighted by molar-refractivity contribution is 5.80. The quantitative estimate of drug-likeness (QED) is 0.483. The van der Waals surface area contributed by atoms with E-state index in [1.807, 2.05) is 11.0 Å². The Hall–Kier alpha value is -2.22. The van der Waals surface area contributed by atoms with Crippen LogP contribution in [0.4, 0.5) is 18.9 Å². The topological polar surface area (TPSA) is 34.1 Å². The number of nitrogens with one attached hydrogen (secondary N) is 1. The largest absolute Gasteiger partial charge is 0.403 e. The van der Waals surface area contributed by atoms with Crippen molar-refractivity contribution < 1.29 is 13.2 Å². The molecule has 8 heteroatoms. The number of rotatable bonds is 4. The molecule has 3 rings (SSSR count). The van der Waals surface area contributed by atoms with E-state index in [-0.39, 0.29) is 0 Å². The summed E-state index contributed by atoms with van der Waals surface area (Å²) in [5, 5.41) is 3.35. The van der Waals surface area contributed by atoms with Gasteiger partial charge in [0.05, 0.1) is 0 Å². The molecular weight excluding hydrogens is 367 g/mol. The molecule has 0 aromatic heterocycles. The molecule has 1 atom stereocenters. The summed E-state index contributed by atoms with van der Waals surface area (Å²) in [6.45, 7) is 5.52. The van der Waals surface area contributed by atoms with Crippen LogP contribution in [0, 0.1) is 0 Å². The number of hydrogen-bond acceptors (Lipinski definition) is 3. The van der Waals surface area contributed by atoms with Gasteiger partial charge in [0.25, 0.3) is 0 Å². The molecular formula is C20H28F3N5. The van der Waals surface area contributed by atoms with Crippen LogP contribution in [0.5, 0.6) is 0 Å². The van der Waals surface area contributed by atoms with Gasteiger partial charge in [-0.25, -0.2) is 0 Å². The molecule has 0 aliphatic carbocycles. The Kier molecular flexibility index (Phi) is 6.49. The molecule has 0 amide bonds. The zero-order valence-corrected chi connectivity index (χ0v) is 16.4. The van der Waals surface area contributed by atoms with Gasteiger partial charge in [0.15, 0.2) is 5.96 Å². The number of piperazine rings is 1. The number of alkyl halides is 3. The van der Waals surface area contributed by atoms with Crippen LogP contribution in [-0.4, -0.2) is 74.3 Å². The van der Waals surface area contributed by atoms with Gasteiger partial charge in [-0.3, -0.25) is 9.89 Å². The summed E-state index contributed by atoms with van der Waals surface area (Å²) in [7, 11) is 1.71. The van der Waals surface area contributed by atoms with Crippen molar-refractivity contribution in [2.24, 2.45) is 4.99 Å². The van der Waals surface area contributed by atoms with E-state index in [9.17, 15) is 13.2 Å². The monoisotopic (exact) mass is 395 g/mol. The van der Waals surface area contributed by atoms with Crippen molar-refractivity contribution in [2.45, 2.75) is 25.7 Å². The van der Waals surface area contributed by atoms with E-state index in [1.54, 1.807) is 7.05 Å². The molecule has 0 spiro atoms. The van der Waals surface area contributed by atoms with Gasteiger partial charge in [0.1, 0.15) is 6.04 Å². The Morgan fingerprint density at radius 2 is 1.82 bits per heavy atom. The van der Waals surface area contributed by atoms with E-state index in [0.717, 1.165) is 24.6 Å². The molecule has 0 radical (unpaired) electrons. The van der Waals surface area contributed by atoms with Gasteiger partial charge in [-0.05, 0) is 24.6 Å². The summed E-state index contributed by atoms with van der Waals surface area (Å²) in [6, 6.07) is 6.97. The van der Waals surface area contributed by atoms with Crippen LogP contribution in [0.3, 0.4) is 0 Å². The summed E-state index contributed by atoms with van der Waals surface area (Å²) < 4.78 is 38.7. The standard InChI is InChI=1S/C20H28F3N5/c1-16(20(21,22)23)26-10-12-28(13-11-26)19(24-2)25-15-17-6-5-7-18(14-17)27-8-3-4-9-27/h3-7,14,16H,8-13,15H2,1-2H3,(H,24,25). The van der Waals surface area contributed by atoms with Crippen molar-refractivity contribution in [1.29, 1.82) is 0 Å². The highest BCUT2D eigenvalue weighted by Gasteiger charge is 2.41. The molecule has 1 aromatic carbocycles. The van der Waals surface area contributed by atoms with Gasteiger partial charge in [0.2, 0.25) is 0 Å². The Labute approximate surface area is 164 Å². The molecule has 1 N–H and O–H groups in total. The molecule has 28 heavy (non-hydrogen) atoms. The summed E-state index contributed by atoms with van der Waals surface area (Å²) in [5.74, 6) is 0.729. The second kappa shape index (κ2) is 8.86.